The third kappa shape index (κ3) is 3.67. The maximum atomic E-state index is 13.1. The molecule has 1 aromatic carbocycles. The summed E-state index contributed by atoms with van der Waals surface area (Å²) in [5, 5.41) is 3.38. The molecule has 2 aliphatic rings. The predicted octanol–water partition coefficient (Wildman–Crippen LogP) is 3.24. The van der Waals surface area contributed by atoms with Gasteiger partial charge in [0.15, 0.2) is 0 Å². The van der Waals surface area contributed by atoms with Crippen molar-refractivity contribution >= 4 is 5.91 Å². The largest absolute Gasteiger partial charge is 0.337 e. The van der Waals surface area contributed by atoms with Crippen molar-refractivity contribution in [2.24, 2.45) is 0 Å². The quantitative estimate of drug-likeness (QED) is 0.818. The first-order valence-corrected chi connectivity index (χ1v) is 8.50. The van der Waals surface area contributed by atoms with Gasteiger partial charge in [-0.2, -0.15) is 0 Å². The van der Waals surface area contributed by atoms with E-state index in [4.69, 9.17) is 0 Å². The van der Waals surface area contributed by atoms with Crippen molar-refractivity contribution in [1.29, 1.82) is 0 Å². The standard InChI is InChI=1S/C18H25FN2O/c19-15-5-3-4-14(12-15)13-20-11-10-17-8-9-18(22)21(17)16-6-1-2-7-16/h3-5,12,16-17,20H,1-2,6-11,13H2. The van der Waals surface area contributed by atoms with Crippen LogP contribution in [0.4, 0.5) is 4.39 Å². The van der Waals surface area contributed by atoms with E-state index >= 15 is 0 Å². The highest BCUT2D eigenvalue weighted by Crippen LogP contribution is 2.31. The Hall–Kier alpha value is -1.42. The first-order chi connectivity index (χ1) is 10.7. The smallest absolute Gasteiger partial charge is 0.223 e. The third-order valence-corrected chi connectivity index (χ3v) is 4.96. The predicted molar refractivity (Wildman–Crippen MR) is 84.8 cm³/mol. The highest BCUT2D eigenvalue weighted by Gasteiger charge is 2.36. The molecular weight excluding hydrogens is 279 g/mol. The molecule has 1 atom stereocenters. The number of carbonyl (C=O) groups excluding carboxylic acids is 1. The second-order valence-electron chi connectivity index (χ2n) is 6.53. The van der Waals surface area contributed by atoms with Gasteiger partial charge in [-0.3, -0.25) is 4.79 Å². The second-order valence-corrected chi connectivity index (χ2v) is 6.53. The Morgan fingerprint density at radius 2 is 2.05 bits per heavy atom. The van der Waals surface area contributed by atoms with E-state index in [0.29, 0.717) is 31.0 Å². The maximum Gasteiger partial charge on any atom is 0.223 e. The molecule has 1 unspecified atom stereocenters. The van der Waals surface area contributed by atoms with Gasteiger partial charge in [-0.25, -0.2) is 4.39 Å². The Balaban J connectivity index is 1.45. The fourth-order valence-electron chi connectivity index (χ4n) is 3.88. The van der Waals surface area contributed by atoms with Crippen molar-refractivity contribution in [3.05, 3.63) is 35.6 Å². The van der Waals surface area contributed by atoms with Gasteiger partial charge in [0.25, 0.3) is 0 Å². The van der Waals surface area contributed by atoms with E-state index in [2.05, 4.69) is 10.2 Å². The lowest BCUT2D eigenvalue weighted by Gasteiger charge is -2.31. The molecule has 0 spiro atoms. The van der Waals surface area contributed by atoms with Gasteiger partial charge in [-0.05, 0) is 49.9 Å². The molecule has 3 rings (SSSR count). The van der Waals surface area contributed by atoms with Crippen LogP contribution in [-0.2, 0) is 11.3 Å². The average molecular weight is 304 g/mol. The van der Waals surface area contributed by atoms with Gasteiger partial charge in [-0.15, -0.1) is 0 Å². The van der Waals surface area contributed by atoms with Crippen LogP contribution in [0.25, 0.3) is 0 Å². The second kappa shape index (κ2) is 7.23. The molecule has 1 saturated carbocycles. The van der Waals surface area contributed by atoms with Crippen LogP contribution in [-0.4, -0.2) is 29.4 Å². The number of benzene rings is 1. The molecule has 1 amide bonds. The van der Waals surface area contributed by atoms with Crippen molar-refractivity contribution in [2.45, 2.75) is 63.6 Å². The fraction of sp³-hybridized carbons (Fsp3) is 0.611. The summed E-state index contributed by atoms with van der Waals surface area (Å²) in [6.07, 6.45) is 7.59. The van der Waals surface area contributed by atoms with E-state index in [1.54, 1.807) is 12.1 Å². The van der Waals surface area contributed by atoms with Gasteiger partial charge in [0.1, 0.15) is 5.82 Å². The van der Waals surface area contributed by atoms with Crippen molar-refractivity contribution in [2.75, 3.05) is 6.54 Å². The van der Waals surface area contributed by atoms with Crippen LogP contribution in [0.1, 0.15) is 50.5 Å². The first-order valence-electron chi connectivity index (χ1n) is 8.50. The summed E-state index contributed by atoms with van der Waals surface area (Å²) in [5.41, 5.74) is 0.968. The van der Waals surface area contributed by atoms with Crippen molar-refractivity contribution in [3.8, 4) is 0 Å². The molecule has 2 fully saturated rings. The number of rotatable bonds is 6. The lowest BCUT2D eigenvalue weighted by atomic mass is 10.1. The van der Waals surface area contributed by atoms with Gasteiger partial charge < -0.3 is 10.2 Å². The minimum atomic E-state index is -0.187. The van der Waals surface area contributed by atoms with Gasteiger partial charge in [0, 0.05) is 25.0 Å². The minimum absolute atomic E-state index is 0.187. The number of hydrogen-bond acceptors (Lipinski definition) is 2. The monoisotopic (exact) mass is 304 g/mol. The van der Waals surface area contributed by atoms with Crippen molar-refractivity contribution in [1.82, 2.24) is 10.2 Å². The number of likely N-dealkylation sites (tertiary alicyclic amines) is 1. The molecule has 120 valence electrons. The first kappa shape index (κ1) is 15.5. The summed E-state index contributed by atoms with van der Waals surface area (Å²) in [5.74, 6) is 0.162. The molecule has 0 aromatic heterocycles. The van der Waals surface area contributed by atoms with Gasteiger partial charge >= 0.3 is 0 Å². The van der Waals surface area contributed by atoms with Crippen molar-refractivity contribution in [3.63, 3.8) is 0 Å². The number of nitrogens with zero attached hydrogens (tertiary/aromatic N) is 1. The maximum absolute atomic E-state index is 13.1. The SMILES string of the molecule is O=C1CCC(CCNCc2cccc(F)c2)N1C1CCCC1. The van der Waals surface area contributed by atoms with E-state index < -0.39 is 0 Å². The van der Waals surface area contributed by atoms with Crippen molar-refractivity contribution < 1.29 is 9.18 Å². The summed E-state index contributed by atoms with van der Waals surface area (Å²) in [6, 6.07) is 7.59. The number of hydrogen-bond donors (Lipinski definition) is 1. The molecule has 22 heavy (non-hydrogen) atoms. The molecule has 1 N–H and O–H groups in total. The van der Waals surface area contributed by atoms with Crippen LogP contribution in [0.5, 0.6) is 0 Å². The lowest BCUT2D eigenvalue weighted by Crippen LogP contribution is -2.41. The Kier molecular flexibility index (Phi) is 5.08. The Morgan fingerprint density at radius 3 is 2.82 bits per heavy atom. The molecule has 1 aromatic rings. The van der Waals surface area contributed by atoms with Crippen LogP contribution in [0.2, 0.25) is 0 Å². The highest BCUT2D eigenvalue weighted by atomic mass is 19.1. The Labute approximate surface area is 131 Å². The molecule has 3 nitrogen and oxygen atoms in total. The number of carbonyl (C=O) groups is 1. The molecule has 0 bridgehead atoms. The summed E-state index contributed by atoms with van der Waals surface area (Å²) < 4.78 is 13.1. The molecule has 1 saturated heterocycles. The van der Waals surface area contributed by atoms with E-state index in [9.17, 15) is 9.18 Å². The van der Waals surface area contributed by atoms with E-state index in [-0.39, 0.29) is 5.82 Å². The zero-order valence-electron chi connectivity index (χ0n) is 13.1. The molecular formula is C18H25FN2O. The van der Waals surface area contributed by atoms with Gasteiger partial charge in [0.05, 0.1) is 0 Å². The van der Waals surface area contributed by atoms with E-state index in [1.807, 2.05) is 6.07 Å². The highest BCUT2D eigenvalue weighted by molar-refractivity contribution is 5.79. The molecule has 1 heterocycles. The average Bonchev–Trinajstić information content (AvgIpc) is 3.13. The molecule has 1 aliphatic heterocycles. The Bertz CT molecular complexity index is 514. The van der Waals surface area contributed by atoms with Crippen LogP contribution in [0.3, 0.4) is 0 Å². The zero-order chi connectivity index (χ0) is 15.4. The number of nitrogens with one attached hydrogen (secondary N) is 1. The van der Waals surface area contributed by atoms with Crippen LogP contribution >= 0.6 is 0 Å². The fourth-order valence-corrected chi connectivity index (χ4v) is 3.88. The molecule has 1 aliphatic carbocycles. The minimum Gasteiger partial charge on any atom is -0.337 e. The van der Waals surface area contributed by atoms with Crippen LogP contribution < -0.4 is 5.32 Å². The summed E-state index contributed by atoms with van der Waals surface area (Å²) in [4.78, 5) is 14.3. The molecule has 4 heteroatoms. The van der Waals surface area contributed by atoms with Gasteiger partial charge in [0.2, 0.25) is 5.91 Å². The summed E-state index contributed by atoms with van der Waals surface area (Å²) in [6.45, 7) is 1.56. The van der Waals surface area contributed by atoms with Gasteiger partial charge in [-0.1, -0.05) is 25.0 Å². The van der Waals surface area contributed by atoms with Crippen LogP contribution in [0, 0.1) is 5.82 Å². The van der Waals surface area contributed by atoms with Crippen LogP contribution in [0.15, 0.2) is 24.3 Å². The number of halogens is 1. The topological polar surface area (TPSA) is 32.3 Å². The summed E-state index contributed by atoms with van der Waals surface area (Å²) >= 11 is 0. The third-order valence-electron chi connectivity index (χ3n) is 4.96. The number of amides is 1. The molecule has 0 radical (unpaired) electrons. The normalized spacial score (nSPS) is 22.7. The van der Waals surface area contributed by atoms with E-state index in [1.165, 1.54) is 31.7 Å². The van der Waals surface area contributed by atoms with E-state index in [0.717, 1.165) is 24.9 Å². The lowest BCUT2D eigenvalue weighted by molar-refractivity contribution is -0.131. The zero-order valence-corrected chi connectivity index (χ0v) is 13.1. The Morgan fingerprint density at radius 1 is 1.23 bits per heavy atom. The summed E-state index contributed by atoms with van der Waals surface area (Å²) in [7, 11) is 0.